The molecule has 5 nitrogen and oxygen atoms in total. The van der Waals surface area contributed by atoms with E-state index in [1.807, 2.05) is 6.07 Å². The monoisotopic (exact) mass is 250 g/mol. The number of nitrogens with one attached hydrogen (secondary N) is 1. The summed E-state index contributed by atoms with van der Waals surface area (Å²) in [5.41, 5.74) is 0. The molecule has 1 unspecified atom stereocenters. The predicted octanol–water partition coefficient (Wildman–Crippen LogP) is 1.70. The minimum atomic E-state index is 0.265. The Hall–Kier alpha value is -1.36. The van der Waals surface area contributed by atoms with E-state index in [-0.39, 0.29) is 6.10 Å². The fraction of sp³-hybridized carbons (Fsp3) is 0.692. The first-order valence-corrected chi connectivity index (χ1v) is 6.71. The van der Waals surface area contributed by atoms with Crippen LogP contribution >= 0.6 is 0 Å². The van der Waals surface area contributed by atoms with Gasteiger partial charge in [-0.25, -0.2) is 9.97 Å². The van der Waals surface area contributed by atoms with E-state index >= 15 is 0 Å². The second kappa shape index (κ2) is 6.00. The Kier molecular flexibility index (Phi) is 4.36. The summed E-state index contributed by atoms with van der Waals surface area (Å²) in [4.78, 5) is 11.4. The third kappa shape index (κ3) is 3.10. The minimum absolute atomic E-state index is 0.265. The van der Waals surface area contributed by atoms with Crippen LogP contribution < -0.4 is 10.2 Å². The zero-order chi connectivity index (χ0) is 13.0. The van der Waals surface area contributed by atoms with Crippen molar-refractivity contribution in [3.05, 3.63) is 11.9 Å². The summed E-state index contributed by atoms with van der Waals surface area (Å²) in [6, 6.07) is 2.03. The fourth-order valence-electron chi connectivity index (χ4n) is 2.10. The Labute approximate surface area is 109 Å². The number of hydrogen-bond acceptors (Lipinski definition) is 5. The molecule has 0 amide bonds. The van der Waals surface area contributed by atoms with Gasteiger partial charge in [0, 0.05) is 32.1 Å². The number of aryl methyl sites for hydroxylation is 1. The second-order valence-electron chi connectivity index (χ2n) is 4.54. The molecule has 1 N–H and O–H groups in total. The summed E-state index contributed by atoms with van der Waals surface area (Å²) < 4.78 is 5.56. The average molecular weight is 250 g/mol. The summed E-state index contributed by atoms with van der Waals surface area (Å²) in [7, 11) is 0. The number of nitrogens with zero attached hydrogens (tertiary/aromatic N) is 3. The van der Waals surface area contributed by atoms with Crippen LogP contribution in [0.4, 0.5) is 11.6 Å². The van der Waals surface area contributed by atoms with Crippen molar-refractivity contribution < 1.29 is 4.74 Å². The average Bonchev–Trinajstić information content (AvgIpc) is 2.39. The lowest BCUT2D eigenvalue weighted by molar-refractivity contribution is 0.0529. The lowest BCUT2D eigenvalue weighted by Crippen LogP contribution is -2.41. The third-order valence-corrected chi connectivity index (χ3v) is 3.00. The molecule has 1 saturated heterocycles. The molecule has 1 aliphatic rings. The number of aromatic nitrogens is 2. The first-order chi connectivity index (χ1) is 8.72. The standard InChI is InChI=1S/C13H22N4O/c1-4-11-15-12(14-5-2)8-13(16-11)17-6-7-18-10(3)9-17/h8,10H,4-7,9H2,1-3H3,(H,14,15,16). The van der Waals surface area contributed by atoms with E-state index < -0.39 is 0 Å². The van der Waals surface area contributed by atoms with Gasteiger partial charge in [0.1, 0.15) is 17.5 Å². The zero-order valence-electron chi connectivity index (χ0n) is 11.4. The first kappa shape index (κ1) is 13.1. The fourth-order valence-corrected chi connectivity index (χ4v) is 2.10. The van der Waals surface area contributed by atoms with Gasteiger partial charge in [0.05, 0.1) is 12.7 Å². The maximum Gasteiger partial charge on any atom is 0.134 e. The molecule has 0 spiro atoms. The highest BCUT2D eigenvalue weighted by molar-refractivity contribution is 5.49. The van der Waals surface area contributed by atoms with Crippen molar-refractivity contribution in [2.75, 3.05) is 36.5 Å². The third-order valence-electron chi connectivity index (χ3n) is 3.00. The number of hydrogen-bond donors (Lipinski definition) is 1. The van der Waals surface area contributed by atoms with Gasteiger partial charge in [0.15, 0.2) is 0 Å². The highest BCUT2D eigenvalue weighted by Gasteiger charge is 2.19. The topological polar surface area (TPSA) is 50.3 Å². The maximum atomic E-state index is 5.56. The van der Waals surface area contributed by atoms with Crippen LogP contribution in [0.3, 0.4) is 0 Å². The molecular formula is C13H22N4O. The van der Waals surface area contributed by atoms with Crippen LogP contribution in [0.5, 0.6) is 0 Å². The number of morpholine rings is 1. The molecule has 0 saturated carbocycles. The summed E-state index contributed by atoms with van der Waals surface area (Å²) in [6.45, 7) is 9.68. The van der Waals surface area contributed by atoms with Gasteiger partial charge in [-0.1, -0.05) is 6.92 Å². The van der Waals surface area contributed by atoms with Gasteiger partial charge in [-0.2, -0.15) is 0 Å². The van der Waals surface area contributed by atoms with Gasteiger partial charge in [0.25, 0.3) is 0 Å². The maximum absolute atomic E-state index is 5.56. The Morgan fingerprint density at radius 3 is 2.94 bits per heavy atom. The molecule has 2 rings (SSSR count). The Morgan fingerprint density at radius 1 is 1.44 bits per heavy atom. The summed E-state index contributed by atoms with van der Waals surface area (Å²) >= 11 is 0. The minimum Gasteiger partial charge on any atom is -0.375 e. The van der Waals surface area contributed by atoms with Gasteiger partial charge in [-0.05, 0) is 13.8 Å². The molecule has 1 aromatic rings. The van der Waals surface area contributed by atoms with Crippen LogP contribution in [0, 0.1) is 0 Å². The molecule has 18 heavy (non-hydrogen) atoms. The lowest BCUT2D eigenvalue weighted by atomic mass is 10.3. The lowest BCUT2D eigenvalue weighted by Gasteiger charge is -2.32. The van der Waals surface area contributed by atoms with Crippen LogP contribution in [0.2, 0.25) is 0 Å². The van der Waals surface area contributed by atoms with E-state index in [9.17, 15) is 0 Å². The number of ether oxygens (including phenoxy) is 1. The van der Waals surface area contributed by atoms with Crippen LogP contribution in [0.1, 0.15) is 26.6 Å². The smallest absolute Gasteiger partial charge is 0.134 e. The van der Waals surface area contributed by atoms with E-state index in [1.54, 1.807) is 0 Å². The molecule has 100 valence electrons. The van der Waals surface area contributed by atoms with Crippen molar-refractivity contribution in [3.8, 4) is 0 Å². The van der Waals surface area contributed by atoms with E-state index in [0.717, 1.165) is 50.1 Å². The Bertz CT molecular complexity index is 397. The van der Waals surface area contributed by atoms with Crippen molar-refractivity contribution in [2.45, 2.75) is 33.3 Å². The van der Waals surface area contributed by atoms with Crippen LogP contribution in [0.25, 0.3) is 0 Å². The predicted molar refractivity (Wildman–Crippen MR) is 73.2 cm³/mol. The Balaban J connectivity index is 2.22. The van der Waals surface area contributed by atoms with E-state index in [4.69, 9.17) is 4.74 Å². The molecule has 1 aromatic heterocycles. The molecule has 0 radical (unpaired) electrons. The zero-order valence-corrected chi connectivity index (χ0v) is 11.4. The van der Waals surface area contributed by atoms with E-state index in [0.29, 0.717) is 0 Å². The van der Waals surface area contributed by atoms with Crippen LogP contribution in [0.15, 0.2) is 6.07 Å². The van der Waals surface area contributed by atoms with Crippen LogP contribution in [-0.4, -0.2) is 42.3 Å². The van der Waals surface area contributed by atoms with Gasteiger partial charge >= 0.3 is 0 Å². The van der Waals surface area contributed by atoms with Gasteiger partial charge in [0.2, 0.25) is 0 Å². The van der Waals surface area contributed by atoms with Crippen molar-refractivity contribution >= 4 is 11.6 Å². The SMILES string of the molecule is CCNc1cc(N2CCOC(C)C2)nc(CC)n1. The number of anilines is 2. The quantitative estimate of drug-likeness (QED) is 0.881. The molecule has 1 aliphatic heterocycles. The molecule has 5 heteroatoms. The molecule has 2 heterocycles. The second-order valence-corrected chi connectivity index (χ2v) is 4.54. The molecule has 0 bridgehead atoms. The summed E-state index contributed by atoms with van der Waals surface area (Å²) in [5, 5.41) is 3.26. The Morgan fingerprint density at radius 2 is 2.28 bits per heavy atom. The molecule has 1 atom stereocenters. The van der Waals surface area contributed by atoms with E-state index in [1.165, 1.54) is 0 Å². The van der Waals surface area contributed by atoms with E-state index in [2.05, 4.69) is 41.0 Å². The number of rotatable bonds is 4. The van der Waals surface area contributed by atoms with Gasteiger partial charge < -0.3 is 15.0 Å². The molecule has 0 aromatic carbocycles. The largest absolute Gasteiger partial charge is 0.375 e. The van der Waals surface area contributed by atoms with Gasteiger partial charge in [-0.3, -0.25) is 0 Å². The normalized spacial score (nSPS) is 19.9. The van der Waals surface area contributed by atoms with Crippen molar-refractivity contribution in [3.63, 3.8) is 0 Å². The summed E-state index contributed by atoms with van der Waals surface area (Å²) in [6.07, 6.45) is 1.12. The highest BCUT2D eigenvalue weighted by atomic mass is 16.5. The summed E-state index contributed by atoms with van der Waals surface area (Å²) in [5.74, 6) is 2.81. The molecule has 0 aliphatic carbocycles. The van der Waals surface area contributed by atoms with Crippen molar-refractivity contribution in [2.24, 2.45) is 0 Å². The highest BCUT2D eigenvalue weighted by Crippen LogP contribution is 2.19. The first-order valence-electron chi connectivity index (χ1n) is 6.71. The molecule has 1 fully saturated rings. The van der Waals surface area contributed by atoms with Crippen molar-refractivity contribution in [1.29, 1.82) is 0 Å². The van der Waals surface area contributed by atoms with Crippen LogP contribution in [-0.2, 0) is 11.2 Å². The molecular weight excluding hydrogens is 228 g/mol. The van der Waals surface area contributed by atoms with Crippen molar-refractivity contribution in [1.82, 2.24) is 9.97 Å². The van der Waals surface area contributed by atoms with Gasteiger partial charge in [-0.15, -0.1) is 0 Å².